The number of carbonyl (C=O) groups is 3. The molecule has 0 spiro atoms. The first kappa shape index (κ1) is 22.2. The first-order valence-corrected chi connectivity index (χ1v) is 9.47. The molecule has 0 fully saturated rings. The zero-order valence-corrected chi connectivity index (χ0v) is 17.0. The summed E-state index contributed by atoms with van der Waals surface area (Å²) in [6.07, 6.45) is 0. The lowest BCUT2D eigenvalue weighted by Crippen LogP contribution is -2.16. The van der Waals surface area contributed by atoms with Crippen LogP contribution >= 0.6 is 0 Å². The third kappa shape index (κ3) is 5.33. The van der Waals surface area contributed by atoms with Crippen LogP contribution in [0.5, 0.6) is 0 Å². The fraction of sp³-hybridized carbons (Fsp3) is 0.0870. The standard InChI is InChI=1S/C23H19N3O6/c1-14-5-7-15(8-6-14)21(27)13-32-23(29)16-3-2-4-17(11-16)25-22(28)19-10-9-18(26(30)31)12-20(19)24/h2-12H,13,24H2,1H3,(H,25,28). The second-order valence-corrected chi connectivity index (χ2v) is 6.93. The summed E-state index contributed by atoms with van der Waals surface area (Å²) in [6, 6.07) is 16.4. The van der Waals surface area contributed by atoms with E-state index in [4.69, 9.17) is 10.5 Å². The van der Waals surface area contributed by atoms with Gasteiger partial charge in [-0.15, -0.1) is 0 Å². The SMILES string of the molecule is Cc1ccc(C(=O)COC(=O)c2cccc(NC(=O)c3ccc([N+](=O)[O-])cc3N)c2)cc1. The van der Waals surface area contributed by atoms with E-state index >= 15 is 0 Å². The van der Waals surface area contributed by atoms with E-state index in [0.29, 0.717) is 5.56 Å². The quantitative estimate of drug-likeness (QED) is 0.190. The molecule has 0 aliphatic rings. The molecular formula is C23H19N3O6. The van der Waals surface area contributed by atoms with Crippen molar-refractivity contribution in [1.82, 2.24) is 0 Å². The average molecular weight is 433 g/mol. The number of Topliss-reactive ketones (excluding diaryl/α,β-unsaturated/α-hetero) is 1. The van der Waals surface area contributed by atoms with Gasteiger partial charge in [-0.1, -0.05) is 35.9 Å². The van der Waals surface area contributed by atoms with Gasteiger partial charge in [-0.25, -0.2) is 4.79 Å². The minimum Gasteiger partial charge on any atom is -0.454 e. The van der Waals surface area contributed by atoms with Gasteiger partial charge in [-0.2, -0.15) is 0 Å². The number of nitro benzene ring substituents is 1. The molecule has 9 heteroatoms. The van der Waals surface area contributed by atoms with Crippen molar-refractivity contribution < 1.29 is 24.0 Å². The molecule has 0 aromatic heterocycles. The van der Waals surface area contributed by atoms with Gasteiger partial charge in [0.2, 0.25) is 0 Å². The van der Waals surface area contributed by atoms with E-state index in [2.05, 4.69) is 5.32 Å². The van der Waals surface area contributed by atoms with Crippen LogP contribution in [0.1, 0.15) is 36.6 Å². The number of hydrogen-bond acceptors (Lipinski definition) is 7. The fourth-order valence-corrected chi connectivity index (χ4v) is 2.83. The normalized spacial score (nSPS) is 10.3. The third-order valence-electron chi connectivity index (χ3n) is 4.55. The summed E-state index contributed by atoms with van der Waals surface area (Å²) in [7, 11) is 0. The largest absolute Gasteiger partial charge is 0.454 e. The Morgan fingerprint density at radius 1 is 1.00 bits per heavy atom. The van der Waals surface area contributed by atoms with Crippen molar-refractivity contribution in [3.63, 3.8) is 0 Å². The summed E-state index contributed by atoms with van der Waals surface area (Å²) in [5.74, 6) is -1.66. The predicted octanol–water partition coefficient (Wildman–Crippen LogP) is 3.78. The van der Waals surface area contributed by atoms with E-state index in [1.807, 2.05) is 6.92 Å². The van der Waals surface area contributed by atoms with Crippen molar-refractivity contribution in [2.24, 2.45) is 0 Å². The maximum absolute atomic E-state index is 12.5. The Hall–Kier alpha value is -4.53. The molecule has 3 aromatic carbocycles. The van der Waals surface area contributed by atoms with Gasteiger partial charge in [0.25, 0.3) is 11.6 Å². The number of non-ortho nitro benzene ring substituents is 1. The van der Waals surface area contributed by atoms with E-state index in [1.165, 1.54) is 30.3 Å². The number of nitrogens with zero attached hydrogens (tertiary/aromatic N) is 1. The Labute approximate surface area is 183 Å². The minimum atomic E-state index is -0.726. The lowest BCUT2D eigenvalue weighted by molar-refractivity contribution is -0.384. The number of nitrogens with one attached hydrogen (secondary N) is 1. The molecule has 0 saturated heterocycles. The highest BCUT2D eigenvalue weighted by molar-refractivity contribution is 6.08. The number of esters is 1. The summed E-state index contributed by atoms with van der Waals surface area (Å²) >= 11 is 0. The van der Waals surface area contributed by atoms with Gasteiger partial charge in [-0.3, -0.25) is 19.7 Å². The number of anilines is 2. The fourth-order valence-electron chi connectivity index (χ4n) is 2.83. The maximum Gasteiger partial charge on any atom is 0.338 e. The maximum atomic E-state index is 12.5. The Morgan fingerprint density at radius 2 is 1.72 bits per heavy atom. The van der Waals surface area contributed by atoms with Crippen LogP contribution in [-0.4, -0.2) is 29.2 Å². The Balaban J connectivity index is 1.65. The van der Waals surface area contributed by atoms with E-state index in [1.54, 1.807) is 30.3 Å². The second-order valence-electron chi connectivity index (χ2n) is 6.93. The topological polar surface area (TPSA) is 142 Å². The molecule has 9 nitrogen and oxygen atoms in total. The molecule has 0 unspecified atom stereocenters. The molecule has 0 radical (unpaired) electrons. The Morgan fingerprint density at radius 3 is 2.38 bits per heavy atom. The lowest BCUT2D eigenvalue weighted by atomic mass is 10.1. The van der Waals surface area contributed by atoms with Crippen LogP contribution in [0.15, 0.2) is 66.7 Å². The number of ether oxygens (including phenoxy) is 1. The summed E-state index contributed by atoms with van der Waals surface area (Å²) in [4.78, 5) is 47.2. The molecule has 0 aliphatic heterocycles. The summed E-state index contributed by atoms with van der Waals surface area (Å²) in [6.45, 7) is 1.48. The first-order valence-electron chi connectivity index (χ1n) is 9.47. The molecule has 0 heterocycles. The molecule has 0 saturated carbocycles. The molecule has 0 bridgehead atoms. The van der Waals surface area contributed by atoms with E-state index in [9.17, 15) is 24.5 Å². The number of ketones is 1. The molecule has 0 aliphatic carbocycles. The first-order chi connectivity index (χ1) is 15.2. The van der Waals surface area contributed by atoms with Gasteiger partial charge in [0.05, 0.1) is 21.7 Å². The highest BCUT2D eigenvalue weighted by Gasteiger charge is 2.16. The van der Waals surface area contributed by atoms with E-state index in [0.717, 1.165) is 11.6 Å². The molecular weight excluding hydrogens is 414 g/mol. The van der Waals surface area contributed by atoms with Gasteiger partial charge >= 0.3 is 5.97 Å². The molecule has 3 aromatic rings. The summed E-state index contributed by atoms with van der Waals surface area (Å²) in [5.41, 5.74) is 7.37. The Bertz CT molecular complexity index is 1200. The van der Waals surface area contributed by atoms with Crippen LogP contribution in [0.4, 0.5) is 17.1 Å². The van der Waals surface area contributed by atoms with Crippen LogP contribution in [-0.2, 0) is 4.74 Å². The molecule has 1 amide bonds. The smallest absolute Gasteiger partial charge is 0.338 e. The van der Waals surface area contributed by atoms with Gasteiger partial charge < -0.3 is 15.8 Å². The highest BCUT2D eigenvalue weighted by Crippen LogP contribution is 2.21. The predicted molar refractivity (Wildman–Crippen MR) is 118 cm³/mol. The minimum absolute atomic E-state index is 0.0484. The van der Waals surface area contributed by atoms with Crippen molar-refractivity contribution in [3.8, 4) is 0 Å². The zero-order valence-electron chi connectivity index (χ0n) is 17.0. The van der Waals surface area contributed by atoms with Gasteiger partial charge in [0, 0.05) is 23.4 Å². The van der Waals surface area contributed by atoms with Gasteiger partial charge in [-0.05, 0) is 31.2 Å². The molecule has 3 rings (SSSR count). The van der Waals surface area contributed by atoms with Gasteiger partial charge in [0.15, 0.2) is 12.4 Å². The molecule has 3 N–H and O–H groups in total. The van der Waals surface area contributed by atoms with Crippen molar-refractivity contribution in [1.29, 1.82) is 0 Å². The molecule has 0 atom stereocenters. The number of amides is 1. The second kappa shape index (κ2) is 9.52. The number of nitrogens with two attached hydrogens (primary N) is 1. The Kier molecular flexibility index (Phi) is 6.59. The number of rotatable bonds is 7. The zero-order chi connectivity index (χ0) is 23.3. The van der Waals surface area contributed by atoms with Crippen LogP contribution in [0.25, 0.3) is 0 Å². The lowest BCUT2D eigenvalue weighted by Gasteiger charge is -2.09. The van der Waals surface area contributed by atoms with Crippen LogP contribution in [0.3, 0.4) is 0 Å². The van der Waals surface area contributed by atoms with Crippen LogP contribution < -0.4 is 11.1 Å². The number of nitro groups is 1. The number of hydrogen-bond donors (Lipinski definition) is 2. The van der Waals surface area contributed by atoms with Crippen molar-refractivity contribution in [3.05, 3.63) is 99.1 Å². The highest BCUT2D eigenvalue weighted by atomic mass is 16.6. The number of benzene rings is 3. The third-order valence-corrected chi connectivity index (χ3v) is 4.55. The van der Waals surface area contributed by atoms with Crippen molar-refractivity contribution >= 4 is 34.7 Å². The monoisotopic (exact) mass is 433 g/mol. The van der Waals surface area contributed by atoms with E-state index < -0.39 is 23.4 Å². The molecule has 32 heavy (non-hydrogen) atoms. The average Bonchev–Trinajstić information content (AvgIpc) is 2.77. The van der Waals surface area contributed by atoms with Crippen LogP contribution in [0, 0.1) is 17.0 Å². The van der Waals surface area contributed by atoms with Crippen LogP contribution in [0.2, 0.25) is 0 Å². The summed E-state index contributed by atoms with van der Waals surface area (Å²) in [5, 5.41) is 13.4. The summed E-state index contributed by atoms with van der Waals surface area (Å²) < 4.78 is 5.09. The van der Waals surface area contributed by atoms with E-state index in [-0.39, 0.29) is 34.0 Å². The van der Waals surface area contributed by atoms with Crippen molar-refractivity contribution in [2.45, 2.75) is 6.92 Å². The number of aryl methyl sites for hydroxylation is 1. The van der Waals surface area contributed by atoms with Gasteiger partial charge in [0.1, 0.15) is 0 Å². The molecule has 162 valence electrons. The number of carbonyl (C=O) groups excluding carboxylic acids is 3. The number of nitrogen functional groups attached to an aromatic ring is 1. The van der Waals surface area contributed by atoms with Crippen molar-refractivity contribution in [2.75, 3.05) is 17.7 Å².